The van der Waals surface area contributed by atoms with Gasteiger partial charge in [-0.05, 0) is 17.7 Å². The molecule has 0 aliphatic carbocycles. The minimum absolute atomic E-state index is 0.0133. The highest BCUT2D eigenvalue weighted by Crippen LogP contribution is 2.17. The quantitative estimate of drug-likeness (QED) is 0.847. The number of nitrogens with zero attached hydrogens (tertiary/aromatic N) is 3. The molecular formula is C13H12N4O. The molecule has 0 bridgehead atoms. The first-order valence-corrected chi connectivity index (χ1v) is 5.37. The Balaban J connectivity index is 2.32. The first-order valence-electron chi connectivity index (χ1n) is 5.37. The maximum atomic E-state index is 8.80. The Labute approximate surface area is 104 Å². The lowest BCUT2D eigenvalue weighted by molar-refractivity contribution is 0.343. The van der Waals surface area contributed by atoms with Gasteiger partial charge in [0, 0.05) is 0 Å². The van der Waals surface area contributed by atoms with Gasteiger partial charge in [-0.3, -0.25) is 0 Å². The molecule has 0 atom stereocenters. The number of nitrogen functional groups attached to an aromatic ring is 1. The number of nitriles is 1. The molecule has 2 aromatic rings. The third-order valence-electron chi connectivity index (χ3n) is 2.48. The summed E-state index contributed by atoms with van der Waals surface area (Å²) in [6.45, 7) is 0.0133. The number of nitrogens with two attached hydrogens (primary N) is 1. The third-order valence-corrected chi connectivity index (χ3v) is 2.48. The fourth-order valence-electron chi connectivity index (χ4n) is 1.57. The molecule has 3 N–H and O–H groups in total. The Bertz CT molecular complexity index is 605. The van der Waals surface area contributed by atoms with E-state index < -0.39 is 0 Å². The van der Waals surface area contributed by atoms with Crippen molar-refractivity contribution in [3.8, 4) is 11.8 Å². The number of rotatable bonds is 3. The van der Waals surface area contributed by atoms with Crippen LogP contribution in [0.2, 0.25) is 0 Å². The van der Waals surface area contributed by atoms with Gasteiger partial charge in [-0.2, -0.15) is 10.4 Å². The van der Waals surface area contributed by atoms with Crippen LogP contribution in [0.15, 0.2) is 36.5 Å². The van der Waals surface area contributed by atoms with Gasteiger partial charge < -0.3 is 10.8 Å². The maximum Gasteiger partial charge on any atom is 0.145 e. The normalized spacial score (nSPS) is 10.7. The van der Waals surface area contributed by atoms with Crippen LogP contribution in [0.1, 0.15) is 11.1 Å². The van der Waals surface area contributed by atoms with Crippen molar-refractivity contribution in [2.24, 2.45) is 0 Å². The second-order valence-electron chi connectivity index (χ2n) is 3.64. The molecule has 1 aromatic heterocycles. The molecule has 0 fully saturated rings. The molecule has 0 aliphatic rings. The van der Waals surface area contributed by atoms with Crippen molar-refractivity contribution in [2.45, 2.75) is 0 Å². The van der Waals surface area contributed by atoms with E-state index in [2.05, 4.69) is 5.10 Å². The largest absolute Gasteiger partial charge is 0.392 e. The summed E-state index contributed by atoms with van der Waals surface area (Å²) in [4.78, 5) is 0. The molecule has 0 radical (unpaired) electrons. The predicted molar refractivity (Wildman–Crippen MR) is 68.8 cm³/mol. The zero-order valence-electron chi connectivity index (χ0n) is 9.61. The van der Waals surface area contributed by atoms with Gasteiger partial charge in [0.15, 0.2) is 0 Å². The molecule has 1 aromatic carbocycles. The van der Waals surface area contributed by atoms with Crippen molar-refractivity contribution in [3.05, 3.63) is 47.7 Å². The lowest BCUT2D eigenvalue weighted by Gasteiger charge is -2.04. The Morgan fingerprint density at radius 1 is 1.39 bits per heavy atom. The monoisotopic (exact) mass is 240 g/mol. The van der Waals surface area contributed by atoms with Crippen molar-refractivity contribution in [1.82, 2.24) is 9.78 Å². The first kappa shape index (κ1) is 11.9. The third kappa shape index (κ3) is 2.24. The Morgan fingerprint density at radius 3 is 2.67 bits per heavy atom. The number of aliphatic hydroxyl groups is 1. The fourth-order valence-corrected chi connectivity index (χ4v) is 1.57. The molecule has 0 amide bonds. The molecule has 1 heterocycles. The van der Waals surface area contributed by atoms with E-state index in [9.17, 15) is 0 Å². The molecule has 0 saturated carbocycles. The van der Waals surface area contributed by atoms with E-state index in [-0.39, 0.29) is 6.61 Å². The standard InChI is InChI=1S/C13H12N4O/c14-8-11-9-16-17(13(11)15)12-5-3-10(4-6-12)2-1-7-18/h1-6,9,18H,7,15H2. The summed E-state index contributed by atoms with van der Waals surface area (Å²) in [7, 11) is 0. The summed E-state index contributed by atoms with van der Waals surface area (Å²) < 4.78 is 1.51. The molecule has 0 aliphatic heterocycles. The zero-order valence-corrected chi connectivity index (χ0v) is 9.61. The fraction of sp³-hybridized carbons (Fsp3) is 0.0769. The van der Waals surface area contributed by atoms with Crippen molar-refractivity contribution in [1.29, 1.82) is 5.26 Å². The van der Waals surface area contributed by atoms with E-state index in [1.807, 2.05) is 36.4 Å². The molecule has 90 valence electrons. The second kappa shape index (κ2) is 5.17. The SMILES string of the molecule is N#Cc1cnn(-c2ccc(C=CCO)cc2)c1N. The molecule has 0 spiro atoms. The van der Waals surface area contributed by atoms with Gasteiger partial charge in [0.1, 0.15) is 17.5 Å². The van der Waals surface area contributed by atoms with Crippen molar-refractivity contribution in [3.63, 3.8) is 0 Å². The molecule has 2 rings (SSSR count). The summed E-state index contributed by atoms with van der Waals surface area (Å²) in [5.41, 5.74) is 7.91. The number of benzene rings is 1. The lowest BCUT2D eigenvalue weighted by Crippen LogP contribution is -2.02. The van der Waals surface area contributed by atoms with Gasteiger partial charge in [-0.15, -0.1) is 0 Å². The lowest BCUT2D eigenvalue weighted by atomic mass is 10.2. The predicted octanol–water partition coefficient (Wildman–Crippen LogP) is 1.33. The highest BCUT2D eigenvalue weighted by molar-refractivity contribution is 5.55. The van der Waals surface area contributed by atoms with Gasteiger partial charge in [-0.25, -0.2) is 4.68 Å². The molecule has 0 saturated heterocycles. The van der Waals surface area contributed by atoms with E-state index in [1.54, 1.807) is 6.08 Å². The van der Waals surface area contributed by atoms with Crippen LogP contribution >= 0.6 is 0 Å². The Hall–Kier alpha value is -2.58. The van der Waals surface area contributed by atoms with E-state index in [4.69, 9.17) is 16.1 Å². The highest BCUT2D eigenvalue weighted by Gasteiger charge is 2.07. The molecule has 0 unspecified atom stereocenters. The maximum absolute atomic E-state index is 8.80. The van der Waals surface area contributed by atoms with Crippen LogP contribution in [0.25, 0.3) is 11.8 Å². The highest BCUT2D eigenvalue weighted by atomic mass is 16.2. The van der Waals surface area contributed by atoms with Crippen LogP contribution in [0.5, 0.6) is 0 Å². The van der Waals surface area contributed by atoms with E-state index in [0.29, 0.717) is 11.4 Å². The molecule has 18 heavy (non-hydrogen) atoms. The summed E-state index contributed by atoms with van der Waals surface area (Å²) >= 11 is 0. The van der Waals surface area contributed by atoms with Crippen LogP contribution in [-0.2, 0) is 0 Å². The van der Waals surface area contributed by atoms with E-state index in [0.717, 1.165) is 11.3 Å². The van der Waals surface area contributed by atoms with Crippen LogP contribution in [0.4, 0.5) is 5.82 Å². The number of anilines is 1. The van der Waals surface area contributed by atoms with Crippen LogP contribution in [-0.4, -0.2) is 21.5 Å². The van der Waals surface area contributed by atoms with Gasteiger partial charge in [0.2, 0.25) is 0 Å². The first-order chi connectivity index (χ1) is 8.76. The molecular weight excluding hydrogens is 228 g/mol. The number of hydrogen-bond donors (Lipinski definition) is 2. The van der Waals surface area contributed by atoms with Crippen LogP contribution in [0.3, 0.4) is 0 Å². The zero-order chi connectivity index (χ0) is 13.0. The topological polar surface area (TPSA) is 87.9 Å². The summed E-state index contributed by atoms with van der Waals surface area (Å²) in [6, 6.07) is 9.44. The van der Waals surface area contributed by atoms with Crippen molar-refractivity contribution < 1.29 is 5.11 Å². The Kier molecular flexibility index (Phi) is 3.41. The average molecular weight is 240 g/mol. The molecule has 5 heteroatoms. The van der Waals surface area contributed by atoms with Crippen LogP contribution in [0, 0.1) is 11.3 Å². The van der Waals surface area contributed by atoms with Crippen LogP contribution < -0.4 is 5.73 Å². The van der Waals surface area contributed by atoms with Crippen molar-refractivity contribution >= 4 is 11.9 Å². The van der Waals surface area contributed by atoms with Crippen molar-refractivity contribution in [2.75, 3.05) is 12.3 Å². The Morgan fingerprint density at radius 2 is 2.11 bits per heavy atom. The summed E-state index contributed by atoms with van der Waals surface area (Å²) in [5.74, 6) is 0.330. The van der Waals surface area contributed by atoms with Gasteiger partial charge in [0.25, 0.3) is 0 Å². The van der Waals surface area contributed by atoms with E-state index >= 15 is 0 Å². The van der Waals surface area contributed by atoms with Gasteiger partial charge in [-0.1, -0.05) is 24.3 Å². The number of aliphatic hydroxyl groups excluding tert-OH is 1. The summed E-state index contributed by atoms with van der Waals surface area (Å²) in [6.07, 6.45) is 4.91. The van der Waals surface area contributed by atoms with Gasteiger partial charge >= 0.3 is 0 Å². The number of hydrogen-bond acceptors (Lipinski definition) is 4. The number of aromatic nitrogens is 2. The average Bonchev–Trinajstić information content (AvgIpc) is 2.78. The minimum atomic E-state index is 0.0133. The minimum Gasteiger partial charge on any atom is -0.392 e. The van der Waals surface area contributed by atoms with E-state index in [1.165, 1.54) is 10.9 Å². The smallest absolute Gasteiger partial charge is 0.145 e. The summed E-state index contributed by atoms with van der Waals surface area (Å²) in [5, 5.41) is 21.5. The molecule has 5 nitrogen and oxygen atoms in total. The second-order valence-corrected chi connectivity index (χ2v) is 3.64. The van der Waals surface area contributed by atoms with Gasteiger partial charge in [0.05, 0.1) is 18.5 Å².